The molecule has 0 saturated heterocycles. The molecule has 2 nitrogen and oxygen atoms in total. The number of hydrogen-bond donors (Lipinski definition) is 0. The zero-order valence-corrected chi connectivity index (χ0v) is 9.28. The van der Waals surface area contributed by atoms with Gasteiger partial charge in [0.15, 0.2) is 5.69 Å². The first-order valence-electron chi connectivity index (χ1n) is 5.24. The lowest BCUT2D eigenvalue weighted by atomic mass is 10.1. The molecule has 0 aromatic carbocycles. The second-order valence-corrected chi connectivity index (χ2v) is 4.22. The Balaban J connectivity index is 2.65. The first kappa shape index (κ1) is 12.3. The molecule has 7 heteroatoms. The van der Waals surface area contributed by atoms with Gasteiger partial charge in [0, 0.05) is 18.0 Å². The van der Waals surface area contributed by atoms with Crippen LogP contribution in [0.4, 0.5) is 22.0 Å². The average Bonchev–Trinajstić information content (AvgIpc) is 2.64. The van der Waals surface area contributed by atoms with Crippen molar-refractivity contribution in [3.05, 3.63) is 17.0 Å². The van der Waals surface area contributed by atoms with E-state index in [1.165, 1.54) is 13.8 Å². The van der Waals surface area contributed by atoms with Crippen LogP contribution in [0.25, 0.3) is 0 Å². The molecule has 0 bridgehead atoms. The van der Waals surface area contributed by atoms with E-state index in [9.17, 15) is 22.0 Å². The Kier molecular flexibility index (Phi) is 2.48. The van der Waals surface area contributed by atoms with Gasteiger partial charge in [-0.05, 0) is 13.3 Å². The van der Waals surface area contributed by atoms with Crippen molar-refractivity contribution in [2.45, 2.75) is 38.9 Å². The van der Waals surface area contributed by atoms with E-state index in [2.05, 4.69) is 5.10 Å². The lowest BCUT2D eigenvalue weighted by Gasteiger charge is -2.17. The number of nitrogens with zero attached hydrogens (tertiary/aromatic N) is 2. The van der Waals surface area contributed by atoms with Gasteiger partial charge in [-0.2, -0.15) is 27.1 Å². The van der Waals surface area contributed by atoms with Crippen molar-refractivity contribution in [1.29, 1.82) is 0 Å². The molecule has 17 heavy (non-hydrogen) atoms. The molecule has 0 amide bonds. The maximum atomic E-state index is 13.8. The van der Waals surface area contributed by atoms with Gasteiger partial charge in [0.1, 0.15) is 5.69 Å². The molecule has 1 aromatic heterocycles. The smallest absolute Gasteiger partial charge is 0.263 e. The Morgan fingerprint density at radius 1 is 1.41 bits per heavy atom. The van der Waals surface area contributed by atoms with Crippen molar-refractivity contribution in [3.63, 3.8) is 0 Å². The molecule has 0 fully saturated rings. The molecule has 0 aliphatic heterocycles. The minimum absolute atomic E-state index is 0.000718. The Labute approximate surface area is 94.4 Å². The SMILES string of the molecule is CCn1nc(C(F)(F)F)c2c1C(F)(F)[C@H](C)C2. The van der Waals surface area contributed by atoms with Crippen molar-refractivity contribution in [2.24, 2.45) is 5.92 Å². The van der Waals surface area contributed by atoms with Crippen LogP contribution in [-0.4, -0.2) is 9.78 Å². The van der Waals surface area contributed by atoms with Gasteiger partial charge in [0.05, 0.1) is 0 Å². The summed E-state index contributed by atoms with van der Waals surface area (Å²) in [5, 5.41) is 3.26. The normalized spacial score (nSPS) is 22.9. The number of hydrogen-bond acceptors (Lipinski definition) is 1. The van der Waals surface area contributed by atoms with Gasteiger partial charge >= 0.3 is 6.18 Å². The van der Waals surface area contributed by atoms with Gasteiger partial charge in [-0.15, -0.1) is 0 Å². The van der Waals surface area contributed by atoms with Crippen molar-refractivity contribution < 1.29 is 22.0 Å². The predicted molar refractivity (Wildman–Crippen MR) is 49.7 cm³/mol. The van der Waals surface area contributed by atoms with Crippen molar-refractivity contribution in [2.75, 3.05) is 0 Å². The lowest BCUT2D eigenvalue weighted by molar-refractivity contribution is -0.142. The molecule has 1 heterocycles. The second kappa shape index (κ2) is 3.43. The van der Waals surface area contributed by atoms with Crippen LogP contribution in [0.3, 0.4) is 0 Å². The van der Waals surface area contributed by atoms with E-state index in [0.717, 1.165) is 4.68 Å². The van der Waals surface area contributed by atoms with Gasteiger partial charge in [-0.3, -0.25) is 4.68 Å². The maximum Gasteiger partial charge on any atom is 0.435 e. The Hall–Kier alpha value is -1.14. The molecule has 1 atom stereocenters. The Bertz CT molecular complexity index is 446. The number of aromatic nitrogens is 2. The van der Waals surface area contributed by atoms with E-state index in [1.54, 1.807) is 0 Å². The average molecular weight is 254 g/mol. The molecular weight excluding hydrogens is 243 g/mol. The molecule has 96 valence electrons. The molecule has 1 aromatic rings. The fourth-order valence-corrected chi connectivity index (χ4v) is 2.19. The summed E-state index contributed by atoms with van der Waals surface area (Å²) in [6, 6.07) is 0. The first-order valence-corrected chi connectivity index (χ1v) is 5.24. The summed E-state index contributed by atoms with van der Waals surface area (Å²) in [5.41, 5.74) is -2.09. The van der Waals surface area contributed by atoms with Crippen LogP contribution in [0.1, 0.15) is 30.8 Å². The standard InChI is InChI=1S/C10H11F5N2/c1-3-17-8-6(4-5(2)9(8,11)12)7(16-17)10(13,14)15/h5H,3-4H2,1-2H3/t5-/m1/s1. The molecular formula is C10H11F5N2. The monoisotopic (exact) mass is 254 g/mol. The quantitative estimate of drug-likeness (QED) is 0.704. The summed E-state index contributed by atoms with van der Waals surface area (Å²) in [6.07, 6.45) is -4.96. The topological polar surface area (TPSA) is 17.8 Å². The highest BCUT2D eigenvalue weighted by Crippen LogP contribution is 2.49. The third kappa shape index (κ3) is 1.63. The van der Waals surface area contributed by atoms with Gasteiger partial charge < -0.3 is 0 Å². The van der Waals surface area contributed by atoms with E-state index >= 15 is 0 Å². The highest BCUT2D eigenvalue weighted by atomic mass is 19.4. The fourth-order valence-electron chi connectivity index (χ4n) is 2.19. The summed E-state index contributed by atoms with van der Waals surface area (Å²) in [4.78, 5) is 0. The van der Waals surface area contributed by atoms with Crippen LogP contribution in [0.5, 0.6) is 0 Å². The summed E-state index contributed by atoms with van der Waals surface area (Å²) in [5.74, 6) is -4.35. The third-order valence-electron chi connectivity index (χ3n) is 3.06. The summed E-state index contributed by atoms with van der Waals surface area (Å²) < 4.78 is 66.2. The molecule has 0 unspecified atom stereocenters. The van der Waals surface area contributed by atoms with E-state index in [0.29, 0.717) is 0 Å². The molecule has 0 spiro atoms. The molecule has 0 N–H and O–H groups in total. The van der Waals surface area contributed by atoms with Crippen molar-refractivity contribution in [3.8, 4) is 0 Å². The minimum Gasteiger partial charge on any atom is -0.263 e. The Morgan fingerprint density at radius 2 is 2.00 bits per heavy atom. The molecule has 1 aliphatic rings. The highest BCUT2D eigenvalue weighted by Gasteiger charge is 2.53. The van der Waals surface area contributed by atoms with Crippen molar-refractivity contribution >= 4 is 0 Å². The maximum absolute atomic E-state index is 13.8. The van der Waals surface area contributed by atoms with Gasteiger partial charge in [0.2, 0.25) is 0 Å². The van der Waals surface area contributed by atoms with E-state index in [-0.39, 0.29) is 18.5 Å². The van der Waals surface area contributed by atoms with E-state index in [4.69, 9.17) is 0 Å². The lowest BCUT2D eigenvalue weighted by Crippen LogP contribution is -2.23. The zero-order valence-electron chi connectivity index (χ0n) is 9.28. The molecule has 2 rings (SSSR count). The van der Waals surface area contributed by atoms with Crippen LogP contribution in [0.15, 0.2) is 0 Å². The highest BCUT2D eigenvalue weighted by molar-refractivity contribution is 5.37. The van der Waals surface area contributed by atoms with E-state index < -0.39 is 29.4 Å². The summed E-state index contributed by atoms with van der Waals surface area (Å²) >= 11 is 0. The van der Waals surface area contributed by atoms with Crippen LogP contribution in [0, 0.1) is 5.92 Å². The third-order valence-corrected chi connectivity index (χ3v) is 3.06. The number of alkyl halides is 5. The summed E-state index contributed by atoms with van der Waals surface area (Å²) in [7, 11) is 0. The number of fused-ring (bicyclic) bond motifs is 1. The van der Waals surface area contributed by atoms with Gasteiger partial charge in [-0.25, -0.2) is 0 Å². The molecule has 0 radical (unpaired) electrons. The molecule has 0 saturated carbocycles. The number of rotatable bonds is 1. The van der Waals surface area contributed by atoms with Crippen LogP contribution < -0.4 is 0 Å². The number of aryl methyl sites for hydroxylation is 1. The van der Waals surface area contributed by atoms with Crippen LogP contribution in [-0.2, 0) is 25.1 Å². The Morgan fingerprint density at radius 3 is 2.47 bits per heavy atom. The van der Waals surface area contributed by atoms with Gasteiger partial charge in [-0.1, -0.05) is 6.92 Å². The van der Waals surface area contributed by atoms with E-state index in [1.807, 2.05) is 0 Å². The van der Waals surface area contributed by atoms with Crippen molar-refractivity contribution in [1.82, 2.24) is 9.78 Å². The fraction of sp³-hybridized carbons (Fsp3) is 0.700. The van der Waals surface area contributed by atoms with Crippen LogP contribution in [0.2, 0.25) is 0 Å². The first-order chi connectivity index (χ1) is 7.69. The number of halogens is 5. The predicted octanol–water partition coefficient (Wildman–Crippen LogP) is 3.21. The minimum atomic E-state index is -4.68. The van der Waals surface area contributed by atoms with Crippen LogP contribution >= 0.6 is 0 Å². The summed E-state index contributed by atoms with van der Waals surface area (Å²) in [6.45, 7) is 2.74. The largest absolute Gasteiger partial charge is 0.435 e. The van der Waals surface area contributed by atoms with Gasteiger partial charge in [0.25, 0.3) is 5.92 Å². The molecule has 1 aliphatic carbocycles. The second-order valence-electron chi connectivity index (χ2n) is 4.22. The zero-order chi connectivity index (χ0) is 13.0.